The summed E-state index contributed by atoms with van der Waals surface area (Å²) in [5, 5.41) is 11.9. The maximum Gasteiger partial charge on any atom is 0.310 e. The topological polar surface area (TPSA) is 66.4 Å². The van der Waals surface area contributed by atoms with Crippen molar-refractivity contribution in [1.82, 2.24) is 0 Å². The molecule has 1 rings (SSSR count). The number of carbonyl (C=O) groups is 2. The third-order valence-corrected chi connectivity index (χ3v) is 3.77. The number of carbonyl (C=O) groups excluding carboxylic acids is 1. The summed E-state index contributed by atoms with van der Waals surface area (Å²) < 4.78 is 13.0. The minimum absolute atomic E-state index is 0.0911. The summed E-state index contributed by atoms with van der Waals surface area (Å²) in [5.74, 6) is -1.71. The van der Waals surface area contributed by atoms with Gasteiger partial charge in [-0.25, -0.2) is 4.39 Å². The summed E-state index contributed by atoms with van der Waals surface area (Å²) in [5.41, 5.74) is 0.0630. The molecule has 5 heteroatoms. The van der Waals surface area contributed by atoms with Gasteiger partial charge in [0.25, 0.3) is 0 Å². The zero-order valence-corrected chi connectivity index (χ0v) is 12.0. The normalized spacial score (nSPS) is 11.2. The molecule has 4 nitrogen and oxygen atoms in total. The first-order chi connectivity index (χ1) is 9.34. The number of hydrogen-bond donors (Lipinski definition) is 2. The summed E-state index contributed by atoms with van der Waals surface area (Å²) in [6.07, 6.45) is 0.676. The van der Waals surface area contributed by atoms with Gasteiger partial charge in [0.05, 0.1) is 5.41 Å². The number of rotatable bonds is 6. The Morgan fingerprint density at radius 2 is 1.90 bits per heavy atom. The molecular weight excluding hydrogens is 261 g/mol. The highest BCUT2D eigenvalue weighted by Crippen LogP contribution is 2.31. The predicted molar refractivity (Wildman–Crippen MR) is 75.0 cm³/mol. The van der Waals surface area contributed by atoms with Crippen molar-refractivity contribution in [1.29, 1.82) is 0 Å². The smallest absolute Gasteiger partial charge is 0.310 e. The van der Waals surface area contributed by atoms with Gasteiger partial charge in [-0.2, -0.15) is 0 Å². The Labute approximate surface area is 118 Å². The lowest BCUT2D eigenvalue weighted by atomic mass is 9.79. The standard InChI is InChI=1S/C15H20FNO3/c1-4-15(5-2,14(19)20)9-13(18)17-12-7-6-11(16)8-10(12)3/h6-8H,4-5,9H2,1-3H3,(H,17,18)(H,19,20). The van der Waals surface area contributed by atoms with Gasteiger partial charge in [0.1, 0.15) is 5.82 Å². The highest BCUT2D eigenvalue weighted by Gasteiger charge is 2.37. The van der Waals surface area contributed by atoms with Gasteiger partial charge in [-0.3, -0.25) is 9.59 Å². The maximum absolute atomic E-state index is 13.0. The van der Waals surface area contributed by atoms with E-state index in [-0.39, 0.29) is 18.1 Å². The van der Waals surface area contributed by atoms with E-state index in [1.54, 1.807) is 20.8 Å². The molecule has 0 atom stereocenters. The molecule has 0 bridgehead atoms. The Balaban J connectivity index is 2.83. The number of benzene rings is 1. The van der Waals surface area contributed by atoms with Crippen molar-refractivity contribution in [3.63, 3.8) is 0 Å². The number of aryl methyl sites for hydroxylation is 1. The van der Waals surface area contributed by atoms with Crippen LogP contribution in [0.1, 0.15) is 38.7 Å². The summed E-state index contributed by atoms with van der Waals surface area (Å²) >= 11 is 0. The summed E-state index contributed by atoms with van der Waals surface area (Å²) in [6, 6.07) is 4.05. The molecule has 1 amide bonds. The van der Waals surface area contributed by atoms with Gasteiger partial charge in [-0.05, 0) is 43.5 Å². The van der Waals surface area contributed by atoms with Crippen LogP contribution in [0, 0.1) is 18.2 Å². The van der Waals surface area contributed by atoms with Gasteiger partial charge < -0.3 is 10.4 Å². The second kappa shape index (κ2) is 6.50. The zero-order chi connectivity index (χ0) is 15.3. The van der Waals surface area contributed by atoms with E-state index in [9.17, 15) is 19.1 Å². The van der Waals surface area contributed by atoms with Crippen LogP contribution in [-0.2, 0) is 9.59 Å². The fraction of sp³-hybridized carbons (Fsp3) is 0.467. The number of carboxylic acids is 1. The number of hydrogen-bond acceptors (Lipinski definition) is 2. The number of anilines is 1. The van der Waals surface area contributed by atoms with E-state index in [1.165, 1.54) is 18.2 Å². The summed E-state index contributed by atoms with van der Waals surface area (Å²) in [7, 11) is 0. The minimum atomic E-state index is -1.04. The first kappa shape index (κ1) is 16.1. The molecule has 0 aliphatic rings. The molecule has 0 aliphatic heterocycles. The molecule has 0 aromatic heterocycles. The minimum Gasteiger partial charge on any atom is -0.481 e. The third-order valence-electron chi connectivity index (χ3n) is 3.77. The van der Waals surface area contributed by atoms with Crippen molar-refractivity contribution in [2.24, 2.45) is 5.41 Å². The van der Waals surface area contributed by atoms with Crippen molar-refractivity contribution < 1.29 is 19.1 Å². The molecule has 2 N–H and O–H groups in total. The molecule has 0 heterocycles. The quantitative estimate of drug-likeness (QED) is 0.840. The second-order valence-electron chi connectivity index (χ2n) is 4.98. The molecule has 0 aliphatic carbocycles. The number of nitrogens with one attached hydrogen (secondary N) is 1. The van der Waals surface area contributed by atoms with Crippen LogP contribution >= 0.6 is 0 Å². The number of halogens is 1. The average molecular weight is 281 g/mol. The molecule has 20 heavy (non-hydrogen) atoms. The Kier molecular flexibility index (Phi) is 5.25. The van der Waals surface area contributed by atoms with Crippen LogP contribution in [-0.4, -0.2) is 17.0 Å². The lowest BCUT2D eigenvalue weighted by Gasteiger charge is -2.26. The summed E-state index contributed by atoms with van der Waals surface area (Å²) in [4.78, 5) is 23.4. The number of carboxylic acid groups (broad SMARTS) is 1. The van der Waals surface area contributed by atoms with Gasteiger partial charge in [-0.15, -0.1) is 0 Å². The molecule has 110 valence electrons. The summed E-state index contributed by atoms with van der Waals surface area (Å²) in [6.45, 7) is 5.20. The first-order valence-corrected chi connectivity index (χ1v) is 6.64. The third kappa shape index (κ3) is 3.56. The molecule has 1 aromatic rings. The Bertz CT molecular complexity index is 510. The van der Waals surface area contributed by atoms with E-state index in [1.807, 2.05) is 0 Å². The van der Waals surface area contributed by atoms with Crippen LogP contribution in [0.2, 0.25) is 0 Å². The van der Waals surface area contributed by atoms with Crippen LogP contribution in [0.25, 0.3) is 0 Å². The van der Waals surface area contributed by atoms with Gasteiger partial charge in [0, 0.05) is 12.1 Å². The van der Waals surface area contributed by atoms with Crippen LogP contribution in [0.3, 0.4) is 0 Å². The van der Waals surface area contributed by atoms with Gasteiger partial charge in [0.2, 0.25) is 5.91 Å². The fourth-order valence-corrected chi connectivity index (χ4v) is 2.15. The first-order valence-electron chi connectivity index (χ1n) is 6.64. The molecule has 0 saturated carbocycles. The van der Waals surface area contributed by atoms with Crippen LogP contribution in [0.4, 0.5) is 10.1 Å². The van der Waals surface area contributed by atoms with E-state index in [2.05, 4.69) is 5.32 Å². The van der Waals surface area contributed by atoms with Gasteiger partial charge in [0.15, 0.2) is 0 Å². The average Bonchev–Trinajstić information content (AvgIpc) is 2.39. The zero-order valence-electron chi connectivity index (χ0n) is 12.0. The van der Waals surface area contributed by atoms with Crippen molar-refractivity contribution in [2.75, 3.05) is 5.32 Å². The Morgan fingerprint density at radius 1 is 1.30 bits per heavy atom. The Hall–Kier alpha value is -1.91. The van der Waals surface area contributed by atoms with Crippen molar-refractivity contribution in [3.05, 3.63) is 29.6 Å². The van der Waals surface area contributed by atoms with E-state index >= 15 is 0 Å². The molecule has 0 fully saturated rings. The van der Waals surface area contributed by atoms with Gasteiger partial charge in [-0.1, -0.05) is 13.8 Å². The highest BCUT2D eigenvalue weighted by atomic mass is 19.1. The largest absolute Gasteiger partial charge is 0.481 e. The number of aliphatic carboxylic acids is 1. The lowest BCUT2D eigenvalue weighted by molar-refractivity contribution is -0.151. The van der Waals surface area contributed by atoms with E-state index in [0.29, 0.717) is 24.1 Å². The lowest BCUT2D eigenvalue weighted by Crippen LogP contribution is -2.34. The van der Waals surface area contributed by atoms with E-state index in [4.69, 9.17) is 0 Å². The maximum atomic E-state index is 13.0. The monoisotopic (exact) mass is 281 g/mol. The van der Waals surface area contributed by atoms with Crippen molar-refractivity contribution >= 4 is 17.6 Å². The number of amides is 1. The predicted octanol–water partition coefficient (Wildman–Crippen LogP) is 3.35. The second-order valence-corrected chi connectivity index (χ2v) is 4.98. The molecule has 0 saturated heterocycles. The van der Waals surface area contributed by atoms with E-state index < -0.39 is 11.4 Å². The van der Waals surface area contributed by atoms with Gasteiger partial charge >= 0.3 is 5.97 Å². The van der Waals surface area contributed by atoms with Crippen LogP contribution in [0.15, 0.2) is 18.2 Å². The van der Waals surface area contributed by atoms with E-state index in [0.717, 1.165) is 0 Å². The van der Waals surface area contributed by atoms with Crippen molar-refractivity contribution in [2.45, 2.75) is 40.0 Å². The van der Waals surface area contributed by atoms with Crippen LogP contribution in [0.5, 0.6) is 0 Å². The Morgan fingerprint density at radius 3 is 2.35 bits per heavy atom. The SMILES string of the molecule is CCC(CC)(CC(=O)Nc1ccc(F)cc1C)C(=O)O. The fourth-order valence-electron chi connectivity index (χ4n) is 2.15. The van der Waals surface area contributed by atoms with Crippen LogP contribution < -0.4 is 5.32 Å². The highest BCUT2D eigenvalue weighted by molar-refractivity contribution is 5.94. The molecule has 0 spiro atoms. The molecule has 1 aromatic carbocycles. The molecular formula is C15H20FNO3. The molecule has 0 radical (unpaired) electrons. The molecule has 0 unspecified atom stereocenters. The van der Waals surface area contributed by atoms with Crippen molar-refractivity contribution in [3.8, 4) is 0 Å².